The smallest absolute Gasteiger partial charge is 0.333 e. The zero-order chi connectivity index (χ0) is 17.1. The van der Waals surface area contributed by atoms with E-state index in [-0.39, 0.29) is 11.8 Å². The number of aliphatic carboxylic acids is 1. The Labute approximate surface area is 144 Å². The number of hydrogen-bond acceptors (Lipinski definition) is 4. The molecule has 2 aromatic rings. The second kappa shape index (κ2) is 7.15. The number of carbonyl (C=O) groups excluding carboxylic acids is 1. The SMILES string of the molecule is C[C@@H]1C[C@H](C(=O)NCc2ccc(-c3ccccc3)s2)O[C@H]1C(=O)O. The Morgan fingerprint density at radius 3 is 2.67 bits per heavy atom. The van der Waals surface area contributed by atoms with Crippen LogP contribution >= 0.6 is 11.3 Å². The normalized spacial score (nSPS) is 23.1. The largest absolute Gasteiger partial charge is 0.479 e. The van der Waals surface area contributed by atoms with Crippen LogP contribution in [0.25, 0.3) is 10.4 Å². The molecule has 0 unspecified atom stereocenters. The molecule has 1 fully saturated rings. The lowest BCUT2D eigenvalue weighted by atomic mass is 10.0. The fourth-order valence-corrected chi connectivity index (χ4v) is 3.77. The number of ether oxygens (including phenoxy) is 1. The minimum absolute atomic E-state index is 0.162. The van der Waals surface area contributed by atoms with E-state index < -0.39 is 18.2 Å². The van der Waals surface area contributed by atoms with Crippen LogP contribution in [0, 0.1) is 5.92 Å². The summed E-state index contributed by atoms with van der Waals surface area (Å²) < 4.78 is 5.35. The lowest BCUT2D eigenvalue weighted by molar-refractivity contribution is -0.153. The first-order chi connectivity index (χ1) is 11.5. The quantitative estimate of drug-likeness (QED) is 0.874. The Balaban J connectivity index is 1.56. The van der Waals surface area contributed by atoms with E-state index in [9.17, 15) is 9.59 Å². The van der Waals surface area contributed by atoms with Crippen LogP contribution in [-0.4, -0.2) is 29.2 Å². The van der Waals surface area contributed by atoms with Crippen molar-refractivity contribution in [3.05, 3.63) is 47.3 Å². The lowest BCUT2D eigenvalue weighted by Crippen LogP contribution is -2.35. The predicted octanol–water partition coefficient (Wildman–Crippen LogP) is 2.91. The first kappa shape index (κ1) is 16.7. The highest BCUT2D eigenvalue weighted by Crippen LogP contribution is 2.29. The summed E-state index contributed by atoms with van der Waals surface area (Å²) in [5, 5.41) is 11.9. The van der Waals surface area contributed by atoms with Crippen molar-refractivity contribution >= 4 is 23.2 Å². The van der Waals surface area contributed by atoms with Crippen LogP contribution in [0.2, 0.25) is 0 Å². The average Bonchev–Trinajstić information content (AvgIpc) is 3.20. The van der Waals surface area contributed by atoms with Crippen LogP contribution in [-0.2, 0) is 20.9 Å². The summed E-state index contributed by atoms with van der Waals surface area (Å²) >= 11 is 1.63. The van der Waals surface area contributed by atoms with Gasteiger partial charge in [0.2, 0.25) is 5.91 Å². The van der Waals surface area contributed by atoms with Crippen molar-refractivity contribution in [2.45, 2.75) is 32.1 Å². The van der Waals surface area contributed by atoms with Gasteiger partial charge in [-0.3, -0.25) is 4.79 Å². The number of benzene rings is 1. The van der Waals surface area contributed by atoms with E-state index in [0.717, 1.165) is 15.3 Å². The van der Waals surface area contributed by atoms with Crippen molar-refractivity contribution < 1.29 is 19.4 Å². The molecule has 0 radical (unpaired) electrons. The van der Waals surface area contributed by atoms with Crippen molar-refractivity contribution in [1.82, 2.24) is 5.32 Å². The van der Waals surface area contributed by atoms with Crippen LogP contribution < -0.4 is 5.32 Å². The molecule has 2 N–H and O–H groups in total. The standard InChI is InChI=1S/C18H19NO4S/c1-11-9-14(23-16(11)18(21)22)17(20)19-10-13-7-8-15(24-13)12-5-3-2-4-6-12/h2-8,11,14,16H,9-10H2,1H3,(H,19,20)(H,21,22)/t11-,14-,16-/m1/s1. The van der Waals surface area contributed by atoms with E-state index >= 15 is 0 Å². The van der Waals surface area contributed by atoms with E-state index in [1.54, 1.807) is 18.3 Å². The maximum Gasteiger partial charge on any atom is 0.333 e. The van der Waals surface area contributed by atoms with Crippen LogP contribution in [0.5, 0.6) is 0 Å². The summed E-state index contributed by atoms with van der Waals surface area (Å²) in [7, 11) is 0. The molecule has 126 valence electrons. The van der Waals surface area contributed by atoms with Crippen LogP contribution in [0.4, 0.5) is 0 Å². The van der Waals surface area contributed by atoms with Gasteiger partial charge in [0, 0.05) is 9.75 Å². The zero-order valence-corrected chi connectivity index (χ0v) is 14.1. The summed E-state index contributed by atoms with van der Waals surface area (Å²) in [5.74, 6) is -1.42. The fraction of sp³-hybridized carbons (Fsp3) is 0.333. The molecule has 0 bridgehead atoms. The van der Waals surface area contributed by atoms with Gasteiger partial charge in [-0.15, -0.1) is 11.3 Å². The van der Waals surface area contributed by atoms with Crippen molar-refractivity contribution in [2.24, 2.45) is 5.92 Å². The summed E-state index contributed by atoms with van der Waals surface area (Å²) in [6.45, 7) is 2.21. The topological polar surface area (TPSA) is 75.6 Å². The number of carboxylic acid groups (broad SMARTS) is 1. The minimum atomic E-state index is -1.01. The molecule has 3 atom stereocenters. The van der Waals surface area contributed by atoms with E-state index in [1.165, 1.54) is 0 Å². The highest BCUT2D eigenvalue weighted by Gasteiger charge is 2.40. The number of nitrogens with one attached hydrogen (secondary N) is 1. The van der Waals surface area contributed by atoms with Crippen LogP contribution in [0.1, 0.15) is 18.2 Å². The van der Waals surface area contributed by atoms with Crippen molar-refractivity contribution in [3.63, 3.8) is 0 Å². The Kier molecular flexibility index (Phi) is 4.97. The van der Waals surface area contributed by atoms with Gasteiger partial charge in [-0.2, -0.15) is 0 Å². The van der Waals surface area contributed by atoms with Crippen molar-refractivity contribution in [2.75, 3.05) is 0 Å². The third-order valence-corrected chi connectivity index (χ3v) is 5.24. The van der Waals surface area contributed by atoms with Gasteiger partial charge >= 0.3 is 5.97 Å². The monoisotopic (exact) mass is 345 g/mol. The van der Waals surface area contributed by atoms with Crippen LogP contribution in [0.3, 0.4) is 0 Å². The highest BCUT2D eigenvalue weighted by molar-refractivity contribution is 7.15. The van der Waals surface area contributed by atoms with Gasteiger partial charge in [-0.05, 0) is 30.0 Å². The first-order valence-corrected chi connectivity index (χ1v) is 8.66. The van der Waals surface area contributed by atoms with Gasteiger partial charge < -0.3 is 15.2 Å². The van der Waals surface area contributed by atoms with Gasteiger partial charge in [0.1, 0.15) is 6.10 Å². The average molecular weight is 345 g/mol. The van der Waals surface area contributed by atoms with Gasteiger partial charge in [0.25, 0.3) is 0 Å². The van der Waals surface area contributed by atoms with Gasteiger partial charge in [0.05, 0.1) is 6.54 Å². The minimum Gasteiger partial charge on any atom is -0.479 e. The summed E-state index contributed by atoms with van der Waals surface area (Å²) in [5.41, 5.74) is 1.15. The molecule has 1 aliphatic rings. The van der Waals surface area contributed by atoms with Gasteiger partial charge in [-0.1, -0.05) is 37.3 Å². The number of rotatable bonds is 5. The number of thiophene rings is 1. The summed E-state index contributed by atoms with van der Waals surface area (Å²) in [4.78, 5) is 25.4. The molecular formula is C18H19NO4S. The third-order valence-electron chi connectivity index (χ3n) is 4.11. The molecule has 0 saturated carbocycles. The molecule has 24 heavy (non-hydrogen) atoms. The van der Waals surface area contributed by atoms with E-state index in [4.69, 9.17) is 9.84 Å². The molecule has 6 heteroatoms. The number of amides is 1. The molecule has 1 aromatic carbocycles. The van der Waals surface area contributed by atoms with Gasteiger partial charge in [-0.25, -0.2) is 4.79 Å². The van der Waals surface area contributed by atoms with Crippen molar-refractivity contribution in [3.8, 4) is 10.4 Å². The molecule has 2 heterocycles. The number of carbonyl (C=O) groups is 2. The molecule has 3 rings (SSSR count). The Hall–Kier alpha value is -2.18. The lowest BCUT2D eigenvalue weighted by Gasteiger charge is -2.11. The molecule has 1 aliphatic heterocycles. The summed E-state index contributed by atoms with van der Waals surface area (Å²) in [6.07, 6.45) is -1.15. The number of carboxylic acids is 1. The first-order valence-electron chi connectivity index (χ1n) is 7.84. The molecule has 1 amide bonds. The molecule has 1 saturated heterocycles. The second-order valence-corrected chi connectivity index (χ2v) is 7.11. The Morgan fingerprint density at radius 2 is 2.00 bits per heavy atom. The molecule has 0 spiro atoms. The number of hydrogen-bond donors (Lipinski definition) is 2. The predicted molar refractivity (Wildman–Crippen MR) is 91.7 cm³/mol. The Morgan fingerprint density at radius 1 is 1.25 bits per heavy atom. The van der Waals surface area contributed by atoms with Crippen molar-refractivity contribution in [1.29, 1.82) is 0 Å². The van der Waals surface area contributed by atoms with E-state index in [2.05, 4.69) is 5.32 Å². The molecule has 0 aliphatic carbocycles. The molecule has 5 nitrogen and oxygen atoms in total. The maximum absolute atomic E-state index is 12.2. The second-order valence-electron chi connectivity index (χ2n) is 5.95. The molecule has 1 aromatic heterocycles. The van der Waals surface area contributed by atoms with Gasteiger partial charge in [0.15, 0.2) is 6.10 Å². The zero-order valence-electron chi connectivity index (χ0n) is 13.3. The van der Waals surface area contributed by atoms with E-state index in [1.807, 2.05) is 42.5 Å². The Bertz CT molecular complexity index is 728. The summed E-state index contributed by atoms with van der Waals surface area (Å²) in [6, 6.07) is 14.1. The highest BCUT2D eigenvalue weighted by atomic mass is 32.1. The fourth-order valence-electron chi connectivity index (χ4n) is 2.82. The maximum atomic E-state index is 12.2. The molecular weight excluding hydrogens is 326 g/mol. The third kappa shape index (κ3) is 3.66. The van der Waals surface area contributed by atoms with Crippen LogP contribution in [0.15, 0.2) is 42.5 Å². The van der Waals surface area contributed by atoms with E-state index in [0.29, 0.717) is 13.0 Å².